The van der Waals surface area contributed by atoms with Crippen molar-refractivity contribution in [3.05, 3.63) is 88.9 Å². The quantitative estimate of drug-likeness (QED) is 0.655. The zero-order chi connectivity index (χ0) is 22.7. The summed E-state index contributed by atoms with van der Waals surface area (Å²) in [6.07, 6.45) is 9.67. The number of ether oxygens (including phenoxy) is 1. The average molecular weight is 454 g/mol. The average Bonchev–Trinajstić information content (AvgIpc) is 3.41. The van der Waals surface area contributed by atoms with E-state index >= 15 is 0 Å². The van der Waals surface area contributed by atoms with Gasteiger partial charge >= 0.3 is 0 Å². The highest BCUT2D eigenvalue weighted by Crippen LogP contribution is 2.40. The molecule has 2 aromatic rings. The van der Waals surface area contributed by atoms with Crippen LogP contribution in [0.2, 0.25) is 0 Å². The van der Waals surface area contributed by atoms with E-state index in [9.17, 15) is 14.7 Å². The van der Waals surface area contributed by atoms with Gasteiger partial charge in [-0.05, 0) is 24.5 Å². The summed E-state index contributed by atoms with van der Waals surface area (Å²) in [7, 11) is 1.52. The number of halogens is 1. The van der Waals surface area contributed by atoms with Crippen LogP contribution in [0.15, 0.2) is 83.3 Å². The Morgan fingerprint density at radius 2 is 2.06 bits per heavy atom. The predicted octanol–water partition coefficient (Wildman–Crippen LogP) is 3.91. The number of methoxy groups -OCH3 is 1. The molecular weight excluding hydrogens is 430 g/mol. The van der Waals surface area contributed by atoms with Crippen LogP contribution in [0.1, 0.15) is 24.4 Å². The highest BCUT2D eigenvalue weighted by molar-refractivity contribution is 6.32. The van der Waals surface area contributed by atoms with Crippen molar-refractivity contribution in [2.75, 3.05) is 13.7 Å². The predicted molar refractivity (Wildman–Crippen MR) is 120 cm³/mol. The zero-order valence-electron chi connectivity index (χ0n) is 17.6. The minimum absolute atomic E-state index is 0.115. The number of amides is 1. The zero-order valence-corrected chi connectivity index (χ0v) is 18.4. The van der Waals surface area contributed by atoms with Gasteiger partial charge in [0.15, 0.2) is 11.5 Å². The summed E-state index contributed by atoms with van der Waals surface area (Å²) in [4.78, 5) is 32.1. The van der Waals surface area contributed by atoms with Crippen LogP contribution in [0, 0.1) is 5.92 Å². The summed E-state index contributed by atoms with van der Waals surface area (Å²) >= 11 is 6.25. The van der Waals surface area contributed by atoms with Crippen molar-refractivity contribution in [3.8, 4) is 0 Å². The van der Waals surface area contributed by atoms with Crippen LogP contribution in [0.25, 0.3) is 0 Å². The van der Waals surface area contributed by atoms with Crippen molar-refractivity contribution in [3.63, 3.8) is 0 Å². The Balaban J connectivity index is 1.61. The maximum atomic E-state index is 13.5. The van der Waals surface area contributed by atoms with Gasteiger partial charge < -0.3 is 19.3 Å². The number of aryl methyl sites for hydroxylation is 1. The Kier molecular flexibility index (Phi) is 6.46. The van der Waals surface area contributed by atoms with E-state index in [2.05, 4.69) is 4.98 Å². The summed E-state index contributed by atoms with van der Waals surface area (Å²) in [5.41, 5.74) is 0.888. The van der Waals surface area contributed by atoms with Crippen molar-refractivity contribution in [2.24, 2.45) is 5.92 Å². The standard InChI is InChI=1S/C24H24ClN3O4/c1-32-19-9-8-17(14-18(19)25)22(29)20-21(16-6-3-2-4-7-16)28(24(31)23(20)30)12-5-11-27-13-10-26-15-27/h2-4,6-7,9-10,13-15,17,21,30H,5,8,11-12H2,1H3. The van der Waals surface area contributed by atoms with Crippen molar-refractivity contribution in [1.82, 2.24) is 14.5 Å². The number of hydrogen-bond donors (Lipinski definition) is 1. The molecule has 2 heterocycles. The number of imidazole rings is 1. The molecule has 2 atom stereocenters. The van der Waals surface area contributed by atoms with Gasteiger partial charge in [0.1, 0.15) is 5.76 Å². The number of allylic oxidation sites excluding steroid dienone is 3. The fourth-order valence-electron chi connectivity index (χ4n) is 4.18. The SMILES string of the molecule is COC1=CCC(C(=O)C2=C(O)C(=O)N(CCCn3ccnc3)C2c2ccccc2)C=C1Cl. The summed E-state index contributed by atoms with van der Waals surface area (Å²) < 4.78 is 7.12. The van der Waals surface area contributed by atoms with Gasteiger partial charge in [-0.15, -0.1) is 0 Å². The summed E-state index contributed by atoms with van der Waals surface area (Å²) in [5, 5.41) is 11.1. The van der Waals surface area contributed by atoms with E-state index in [4.69, 9.17) is 16.3 Å². The number of carbonyl (C=O) groups excluding carboxylic acids is 2. The summed E-state index contributed by atoms with van der Waals surface area (Å²) in [5.74, 6) is -1.41. The van der Waals surface area contributed by atoms with Crippen molar-refractivity contribution in [1.29, 1.82) is 0 Å². The van der Waals surface area contributed by atoms with Crippen LogP contribution in [-0.2, 0) is 20.9 Å². The first-order chi connectivity index (χ1) is 15.5. The molecule has 1 aromatic carbocycles. The Hall–Kier alpha value is -3.32. The Morgan fingerprint density at radius 3 is 2.72 bits per heavy atom. The molecule has 2 aliphatic rings. The van der Waals surface area contributed by atoms with Crippen molar-refractivity contribution >= 4 is 23.3 Å². The van der Waals surface area contributed by atoms with Crippen molar-refractivity contribution in [2.45, 2.75) is 25.4 Å². The lowest BCUT2D eigenvalue weighted by Gasteiger charge is -2.28. The van der Waals surface area contributed by atoms with Gasteiger partial charge in [-0.25, -0.2) is 4.98 Å². The molecule has 0 bridgehead atoms. The largest absolute Gasteiger partial charge is 0.503 e. The molecule has 0 fully saturated rings. The van der Waals surface area contributed by atoms with Gasteiger partial charge in [-0.2, -0.15) is 0 Å². The Morgan fingerprint density at radius 1 is 1.28 bits per heavy atom. The smallest absolute Gasteiger partial charge is 0.290 e. The second kappa shape index (κ2) is 9.44. The molecule has 8 heteroatoms. The highest BCUT2D eigenvalue weighted by Gasteiger charge is 2.44. The molecule has 0 radical (unpaired) electrons. The lowest BCUT2D eigenvalue weighted by molar-refractivity contribution is -0.129. The first-order valence-electron chi connectivity index (χ1n) is 10.4. The number of ketones is 1. The number of benzene rings is 1. The molecule has 1 aliphatic heterocycles. The Bertz CT molecular complexity index is 1090. The van der Waals surface area contributed by atoms with Gasteiger partial charge in [0, 0.05) is 31.4 Å². The van der Waals surface area contributed by atoms with E-state index in [0.717, 1.165) is 5.56 Å². The van der Waals surface area contributed by atoms with Crippen LogP contribution in [0.5, 0.6) is 0 Å². The lowest BCUT2D eigenvalue weighted by Crippen LogP contribution is -2.33. The fraction of sp³-hybridized carbons (Fsp3) is 0.292. The topological polar surface area (TPSA) is 84.7 Å². The molecule has 0 spiro atoms. The third-order valence-electron chi connectivity index (χ3n) is 5.76. The van der Waals surface area contributed by atoms with E-state index in [-0.39, 0.29) is 11.4 Å². The normalized spacial score (nSPS) is 20.9. The lowest BCUT2D eigenvalue weighted by atomic mass is 9.86. The first kappa shape index (κ1) is 21.9. The van der Waals surface area contributed by atoms with E-state index in [0.29, 0.717) is 36.7 Å². The molecule has 166 valence electrons. The number of hydrogen-bond acceptors (Lipinski definition) is 5. The molecule has 7 nitrogen and oxygen atoms in total. The Labute approximate surface area is 191 Å². The summed E-state index contributed by atoms with van der Waals surface area (Å²) in [6, 6.07) is 8.64. The molecule has 32 heavy (non-hydrogen) atoms. The van der Waals surface area contributed by atoms with E-state index in [1.165, 1.54) is 7.11 Å². The third-order valence-corrected chi connectivity index (χ3v) is 6.07. The molecule has 0 saturated heterocycles. The minimum Gasteiger partial charge on any atom is -0.503 e. The van der Waals surface area contributed by atoms with Crippen LogP contribution >= 0.6 is 11.6 Å². The number of aliphatic hydroxyl groups excluding tert-OH is 1. The van der Waals surface area contributed by atoms with E-state index in [1.54, 1.807) is 29.6 Å². The van der Waals surface area contributed by atoms with Crippen LogP contribution < -0.4 is 0 Å². The van der Waals surface area contributed by atoms with Gasteiger partial charge in [0.05, 0.1) is 30.1 Å². The second-order valence-corrected chi connectivity index (χ2v) is 8.13. The van der Waals surface area contributed by atoms with Gasteiger partial charge in [0.2, 0.25) is 0 Å². The molecule has 1 aromatic heterocycles. The number of aliphatic hydroxyl groups is 1. The second-order valence-electron chi connectivity index (χ2n) is 7.72. The molecule has 0 saturated carbocycles. The van der Waals surface area contributed by atoms with Crippen LogP contribution in [-0.4, -0.2) is 44.9 Å². The molecule has 1 N–H and O–H groups in total. The van der Waals surface area contributed by atoms with Gasteiger partial charge in [-0.3, -0.25) is 9.59 Å². The summed E-state index contributed by atoms with van der Waals surface area (Å²) in [6.45, 7) is 1.05. The van der Waals surface area contributed by atoms with Crippen LogP contribution in [0.3, 0.4) is 0 Å². The van der Waals surface area contributed by atoms with Gasteiger partial charge in [0.25, 0.3) is 5.91 Å². The molecule has 1 aliphatic carbocycles. The highest BCUT2D eigenvalue weighted by atomic mass is 35.5. The molecular formula is C24H24ClN3O4. The number of carbonyl (C=O) groups is 2. The van der Waals surface area contributed by atoms with Gasteiger partial charge in [-0.1, -0.05) is 48.0 Å². The monoisotopic (exact) mass is 453 g/mol. The first-order valence-corrected chi connectivity index (χ1v) is 10.8. The van der Waals surface area contributed by atoms with E-state index in [1.807, 2.05) is 41.1 Å². The maximum absolute atomic E-state index is 13.5. The van der Waals surface area contributed by atoms with Crippen molar-refractivity contribution < 1.29 is 19.4 Å². The minimum atomic E-state index is -0.654. The maximum Gasteiger partial charge on any atom is 0.290 e. The fourth-order valence-corrected chi connectivity index (χ4v) is 4.49. The third kappa shape index (κ3) is 4.21. The number of nitrogens with zero attached hydrogens (tertiary/aromatic N) is 3. The van der Waals surface area contributed by atoms with Crippen LogP contribution in [0.4, 0.5) is 0 Å². The molecule has 4 rings (SSSR count). The molecule has 1 amide bonds. The number of rotatable bonds is 8. The number of Topliss-reactive ketones (excluding diaryl/α,β-unsaturated/α-hetero) is 1. The number of aromatic nitrogens is 2. The van der Waals surface area contributed by atoms with E-state index < -0.39 is 23.6 Å². The molecule has 2 unspecified atom stereocenters.